The van der Waals surface area contributed by atoms with Crippen molar-refractivity contribution in [2.75, 3.05) is 6.54 Å². The molecule has 5 heteroatoms. The third kappa shape index (κ3) is 3.58. The Morgan fingerprint density at radius 1 is 0.963 bits per heavy atom. The summed E-state index contributed by atoms with van der Waals surface area (Å²) in [7, 11) is 0. The van der Waals surface area contributed by atoms with Crippen molar-refractivity contribution in [3.63, 3.8) is 0 Å². The number of aryl methyl sites for hydroxylation is 1. The molecule has 0 aliphatic carbocycles. The number of carbonyl (C=O) groups excluding carboxylic acids is 1. The van der Waals surface area contributed by atoms with Crippen LogP contribution in [0.15, 0.2) is 77.7 Å². The summed E-state index contributed by atoms with van der Waals surface area (Å²) in [5.74, 6) is -0.190. The monoisotopic (exact) mass is 357 g/mol. The van der Waals surface area contributed by atoms with E-state index in [1.54, 1.807) is 30.5 Å². The summed E-state index contributed by atoms with van der Waals surface area (Å²) in [6, 6.07) is 20.8. The van der Waals surface area contributed by atoms with Crippen LogP contribution in [0.3, 0.4) is 0 Å². The summed E-state index contributed by atoms with van der Waals surface area (Å²) in [5, 5.41) is 3.45. The lowest BCUT2D eigenvalue weighted by molar-refractivity contribution is 0.0953. The van der Waals surface area contributed by atoms with Crippen LogP contribution in [0.2, 0.25) is 0 Å². The lowest BCUT2D eigenvalue weighted by Crippen LogP contribution is -2.26. The molecule has 4 aromatic rings. The molecular weight excluding hydrogens is 338 g/mol. The van der Waals surface area contributed by atoms with Gasteiger partial charge >= 0.3 is 0 Å². The minimum absolute atomic E-state index is 0.172. The molecule has 0 atom stereocenters. The van der Waals surface area contributed by atoms with Crippen molar-refractivity contribution in [2.24, 2.45) is 0 Å². The summed E-state index contributed by atoms with van der Waals surface area (Å²) in [5.41, 5.74) is 2.71. The molecule has 0 aliphatic rings. The highest BCUT2D eigenvalue weighted by Crippen LogP contribution is 2.10. The maximum Gasteiger partial charge on any atom is 0.265 e. The largest absolute Gasteiger partial charge is 0.352 e. The molecule has 0 aliphatic heterocycles. The van der Waals surface area contributed by atoms with Gasteiger partial charge in [0.1, 0.15) is 5.65 Å². The second-order valence-electron chi connectivity index (χ2n) is 6.43. The van der Waals surface area contributed by atoms with Gasteiger partial charge in [0.25, 0.3) is 11.5 Å². The van der Waals surface area contributed by atoms with E-state index in [4.69, 9.17) is 0 Å². The molecule has 1 N–H and O–H groups in total. The van der Waals surface area contributed by atoms with Crippen molar-refractivity contribution in [3.8, 4) is 0 Å². The summed E-state index contributed by atoms with van der Waals surface area (Å²) < 4.78 is 1.43. The zero-order valence-electron chi connectivity index (χ0n) is 14.8. The Balaban J connectivity index is 1.49. The fourth-order valence-electron chi connectivity index (χ4n) is 3.13. The third-order valence-electron chi connectivity index (χ3n) is 4.55. The average molecular weight is 357 g/mol. The highest BCUT2D eigenvalue weighted by Gasteiger charge is 2.09. The van der Waals surface area contributed by atoms with Crippen LogP contribution in [-0.2, 0) is 6.42 Å². The molecule has 134 valence electrons. The zero-order chi connectivity index (χ0) is 18.6. The number of pyridine rings is 1. The van der Waals surface area contributed by atoms with Crippen molar-refractivity contribution >= 4 is 22.5 Å². The molecule has 2 heterocycles. The molecule has 4 rings (SSSR count). The smallest absolute Gasteiger partial charge is 0.265 e. The minimum atomic E-state index is -0.190. The molecule has 2 aromatic carbocycles. The molecular formula is C22H19N3O2. The van der Waals surface area contributed by atoms with E-state index in [9.17, 15) is 9.59 Å². The van der Waals surface area contributed by atoms with Gasteiger partial charge in [0.15, 0.2) is 0 Å². The molecule has 0 bridgehead atoms. The number of carbonyl (C=O) groups is 1. The predicted molar refractivity (Wildman–Crippen MR) is 106 cm³/mol. The molecule has 0 saturated carbocycles. The van der Waals surface area contributed by atoms with Gasteiger partial charge in [0.05, 0.1) is 16.5 Å². The van der Waals surface area contributed by atoms with Crippen LogP contribution in [-0.4, -0.2) is 21.8 Å². The van der Waals surface area contributed by atoms with Gasteiger partial charge in [-0.2, -0.15) is 0 Å². The van der Waals surface area contributed by atoms with Crippen LogP contribution < -0.4 is 10.9 Å². The topological polar surface area (TPSA) is 63.5 Å². The molecule has 0 radical (unpaired) electrons. The first-order valence-corrected chi connectivity index (χ1v) is 8.96. The van der Waals surface area contributed by atoms with Crippen molar-refractivity contribution in [3.05, 3.63) is 94.4 Å². The van der Waals surface area contributed by atoms with Gasteiger partial charge in [-0.15, -0.1) is 0 Å². The van der Waals surface area contributed by atoms with Crippen LogP contribution in [0.5, 0.6) is 0 Å². The number of aromatic nitrogens is 2. The van der Waals surface area contributed by atoms with Gasteiger partial charge in [-0.3, -0.25) is 14.0 Å². The molecule has 0 unspecified atom stereocenters. The molecule has 27 heavy (non-hydrogen) atoms. The molecule has 0 saturated heterocycles. The average Bonchev–Trinajstić information content (AvgIpc) is 2.72. The van der Waals surface area contributed by atoms with Crippen LogP contribution in [0.25, 0.3) is 16.6 Å². The van der Waals surface area contributed by atoms with E-state index in [2.05, 4.69) is 22.4 Å². The van der Waals surface area contributed by atoms with E-state index in [1.165, 1.54) is 9.96 Å². The lowest BCUT2D eigenvalue weighted by Gasteiger charge is -2.08. The number of fused-ring (bicyclic) bond motifs is 2. The molecule has 2 aromatic heterocycles. The maximum atomic E-state index is 12.7. The first kappa shape index (κ1) is 17.0. The van der Waals surface area contributed by atoms with E-state index in [1.807, 2.05) is 30.3 Å². The fraction of sp³-hybridized carbons (Fsp3) is 0.136. The summed E-state index contributed by atoms with van der Waals surface area (Å²) in [6.45, 7) is 0.580. The Hall–Kier alpha value is -3.47. The number of nitrogens with zero attached hydrogens (tertiary/aromatic N) is 2. The van der Waals surface area contributed by atoms with Crippen LogP contribution in [0.1, 0.15) is 22.3 Å². The standard InChI is InChI=1S/C22H19N3O2/c26-21(23-14-6-9-16-7-2-1-3-8-16)17-12-13-20-24-19-11-5-4-10-18(19)22(27)25(20)15-17/h1-5,7-8,10-13,15H,6,9,14H2,(H,23,26). The Morgan fingerprint density at radius 3 is 2.59 bits per heavy atom. The van der Waals surface area contributed by atoms with Crippen LogP contribution in [0.4, 0.5) is 0 Å². The van der Waals surface area contributed by atoms with E-state index >= 15 is 0 Å². The van der Waals surface area contributed by atoms with E-state index in [0.29, 0.717) is 28.7 Å². The van der Waals surface area contributed by atoms with Crippen molar-refractivity contribution in [2.45, 2.75) is 12.8 Å². The first-order valence-electron chi connectivity index (χ1n) is 8.96. The second kappa shape index (κ2) is 7.41. The Kier molecular flexibility index (Phi) is 4.66. The molecule has 5 nitrogen and oxygen atoms in total. The second-order valence-corrected chi connectivity index (χ2v) is 6.43. The Labute approximate surface area is 156 Å². The number of hydrogen-bond donors (Lipinski definition) is 1. The SMILES string of the molecule is O=C(NCCCc1ccccc1)c1ccc2nc3ccccc3c(=O)n2c1. The van der Waals surface area contributed by atoms with Gasteiger partial charge in [-0.1, -0.05) is 42.5 Å². The minimum Gasteiger partial charge on any atom is -0.352 e. The normalized spacial score (nSPS) is 11.0. The number of nitrogens with one attached hydrogen (secondary N) is 1. The number of rotatable bonds is 5. The maximum absolute atomic E-state index is 12.7. The molecule has 0 spiro atoms. The van der Waals surface area contributed by atoms with Crippen molar-refractivity contribution in [1.29, 1.82) is 0 Å². The van der Waals surface area contributed by atoms with Gasteiger partial charge in [-0.25, -0.2) is 4.98 Å². The quantitative estimate of drug-likeness (QED) is 0.441. The molecule has 0 fully saturated rings. The predicted octanol–water partition coefficient (Wildman–Crippen LogP) is 3.21. The summed E-state index contributed by atoms with van der Waals surface area (Å²) >= 11 is 0. The number of hydrogen-bond acceptors (Lipinski definition) is 3. The summed E-state index contributed by atoms with van der Waals surface area (Å²) in [6.07, 6.45) is 3.33. The Bertz CT molecular complexity index is 1170. The van der Waals surface area contributed by atoms with E-state index in [0.717, 1.165) is 12.8 Å². The number of para-hydroxylation sites is 1. The number of benzene rings is 2. The van der Waals surface area contributed by atoms with E-state index < -0.39 is 0 Å². The van der Waals surface area contributed by atoms with Crippen LogP contribution in [0, 0.1) is 0 Å². The Morgan fingerprint density at radius 2 is 1.74 bits per heavy atom. The van der Waals surface area contributed by atoms with Crippen molar-refractivity contribution in [1.82, 2.24) is 14.7 Å². The highest BCUT2D eigenvalue weighted by atomic mass is 16.1. The number of amides is 1. The van der Waals surface area contributed by atoms with Crippen molar-refractivity contribution < 1.29 is 4.79 Å². The first-order chi connectivity index (χ1) is 13.2. The highest BCUT2D eigenvalue weighted by molar-refractivity contribution is 5.94. The lowest BCUT2D eigenvalue weighted by atomic mass is 10.1. The van der Waals surface area contributed by atoms with Gasteiger partial charge in [0.2, 0.25) is 0 Å². The van der Waals surface area contributed by atoms with E-state index in [-0.39, 0.29) is 11.5 Å². The fourth-order valence-corrected chi connectivity index (χ4v) is 3.13. The van der Waals surface area contributed by atoms with Gasteiger partial charge in [0, 0.05) is 12.7 Å². The third-order valence-corrected chi connectivity index (χ3v) is 4.55. The molecule has 1 amide bonds. The van der Waals surface area contributed by atoms with Gasteiger partial charge < -0.3 is 5.32 Å². The van der Waals surface area contributed by atoms with Gasteiger partial charge in [-0.05, 0) is 42.7 Å². The van der Waals surface area contributed by atoms with Crippen LogP contribution >= 0.6 is 0 Å². The summed E-state index contributed by atoms with van der Waals surface area (Å²) in [4.78, 5) is 29.6. The zero-order valence-corrected chi connectivity index (χ0v) is 14.8.